The van der Waals surface area contributed by atoms with Gasteiger partial charge >= 0.3 is 0 Å². The molecule has 24 heavy (non-hydrogen) atoms. The molecule has 1 aliphatic rings. The van der Waals surface area contributed by atoms with E-state index in [0.717, 1.165) is 30.9 Å². The molecule has 1 saturated heterocycles. The zero-order chi connectivity index (χ0) is 16.8. The predicted octanol–water partition coefficient (Wildman–Crippen LogP) is 0.784. The Hall–Kier alpha value is -2.25. The van der Waals surface area contributed by atoms with Crippen LogP contribution in [0.2, 0.25) is 0 Å². The van der Waals surface area contributed by atoms with Crippen molar-refractivity contribution < 1.29 is 5.11 Å². The van der Waals surface area contributed by atoms with Crippen molar-refractivity contribution >= 4 is 16.7 Å². The van der Waals surface area contributed by atoms with Crippen molar-refractivity contribution in [3.63, 3.8) is 0 Å². The van der Waals surface area contributed by atoms with E-state index in [1.165, 1.54) is 0 Å². The molecule has 0 aliphatic carbocycles. The fraction of sp³-hybridized carbons (Fsp3) is 0.471. The maximum atomic E-state index is 12.5. The summed E-state index contributed by atoms with van der Waals surface area (Å²) >= 11 is 0. The van der Waals surface area contributed by atoms with Crippen LogP contribution < -0.4 is 5.56 Å². The summed E-state index contributed by atoms with van der Waals surface area (Å²) < 4.78 is 3.51. The van der Waals surface area contributed by atoms with Crippen LogP contribution in [0.3, 0.4) is 0 Å². The van der Waals surface area contributed by atoms with E-state index in [-0.39, 0.29) is 11.7 Å². The highest BCUT2D eigenvalue weighted by Gasteiger charge is 2.27. The molecule has 1 N–H and O–H groups in total. The highest BCUT2D eigenvalue weighted by molar-refractivity contribution is 5.80. The molecule has 1 aliphatic heterocycles. The van der Waals surface area contributed by atoms with E-state index in [9.17, 15) is 9.90 Å². The number of fused-ring (bicyclic) bond motifs is 3. The molecule has 0 radical (unpaired) electrons. The highest BCUT2D eigenvalue weighted by Crippen LogP contribution is 2.22. The minimum absolute atomic E-state index is 0.0626. The number of para-hydroxylation sites is 1. The molecule has 4 rings (SSSR count). The summed E-state index contributed by atoms with van der Waals surface area (Å²) in [5.74, 6) is 1.69. The zero-order valence-electron chi connectivity index (χ0n) is 13.9. The van der Waals surface area contributed by atoms with E-state index in [4.69, 9.17) is 0 Å². The Kier molecular flexibility index (Phi) is 3.62. The number of hydrogen-bond acceptors (Lipinski definition) is 5. The molecule has 0 amide bonds. The number of rotatable bonds is 3. The predicted molar refractivity (Wildman–Crippen MR) is 90.8 cm³/mol. The number of benzene rings is 1. The molecule has 126 valence electrons. The molecule has 2 atom stereocenters. The Morgan fingerprint density at radius 3 is 2.88 bits per heavy atom. The van der Waals surface area contributed by atoms with E-state index in [0.29, 0.717) is 23.6 Å². The maximum absolute atomic E-state index is 12.5. The van der Waals surface area contributed by atoms with Gasteiger partial charge < -0.3 is 5.11 Å². The molecule has 1 aromatic carbocycles. The van der Waals surface area contributed by atoms with Crippen molar-refractivity contribution in [2.24, 2.45) is 13.0 Å². The summed E-state index contributed by atoms with van der Waals surface area (Å²) in [7, 11) is 1.72. The second-order valence-electron chi connectivity index (χ2n) is 6.66. The number of nitrogens with zero attached hydrogens (tertiary/aromatic N) is 5. The zero-order valence-corrected chi connectivity index (χ0v) is 13.9. The second-order valence-corrected chi connectivity index (χ2v) is 6.66. The number of aliphatic hydroxyl groups excluding tert-OH is 1. The van der Waals surface area contributed by atoms with Crippen LogP contribution in [-0.2, 0) is 13.6 Å². The van der Waals surface area contributed by atoms with Crippen molar-refractivity contribution in [2.45, 2.75) is 26.0 Å². The van der Waals surface area contributed by atoms with Crippen LogP contribution in [-0.4, -0.2) is 48.4 Å². The van der Waals surface area contributed by atoms with Gasteiger partial charge in [0, 0.05) is 13.6 Å². The fourth-order valence-electron chi connectivity index (χ4n) is 3.59. The summed E-state index contributed by atoms with van der Waals surface area (Å²) in [6.07, 6.45) is 0.708. The topological polar surface area (TPSA) is 75.7 Å². The summed E-state index contributed by atoms with van der Waals surface area (Å²) in [4.78, 5) is 14.7. The Labute approximate surface area is 139 Å². The van der Waals surface area contributed by atoms with Crippen molar-refractivity contribution in [2.75, 3.05) is 13.1 Å². The number of likely N-dealkylation sites (tertiary alicyclic amines) is 1. The monoisotopic (exact) mass is 327 g/mol. The van der Waals surface area contributed by atoms with Gasteiger partial charge in [-0.1, -0.05) is 12.1 Å². The molecule has 2 unspecified atom stereocenters. The van der Waals surface area contributed by atoms with Crippen LogP contribution in [0.4, 0.5) is 0 Å². The number of hydrogen-bond donors (Lipinski definition) is 1. The fourth-order valence-corrected chi connectivity index (χ4v) is 3.59. The van der Waals surface area contributed by atoms with Crippen molar-refractivity contribution in [1.29, 1.82) is 0 Å². The van der Waals surface area contributed by atoms with E-state index < -0.39 is 0 Å². The lowest BCUT2D eigenvalue weighted by Gasteiger charge is -2.16. The van der Waals surface area contributed by atoms with Crippen LogP contribution in [0, 0.1) is 5.92 Å². The van der Waals surface area contributed by atoms with E-state index in [2.05, 4.69) is 15.1 Å². The van der Waals surface area contributed by atoms with Gasteiger partial charge in [-0.15, -0.1) is 10.2 Å². The lowest BCUT2D eigenvalue weighted by Crippen LogP contribution is -2.25. The molecule has 3 heterocycles. The minimum atomic E-state index is -0.285. The van der Waals surface area contributed by atoms with Gasteiger partial charge in [-0.3, -0.25) is 18.7 Å². The van der Waals surface area contributed by atoms with Gasteiger partial charge in [0.2, 0.25) is 5.78 Å². The molecule has 2 aromatic heterocycles. The molecular formula is C17H21N5O2. The molecular weight excluding hydrogens is 306 g/mol. The maximum Gasteiger partial charge on any atom is 0.262 e. The average molecular weight is 327 g/mol. The molecule has 0 bridgehead atoms. The number of aromatic nitrogens is 4. The summed E-state index contributed by atoms with van der Waals surface area (Å²) in [5.41, 5.74) is 0.772. The summed E-state index contributed by atoms with van der Waals surface area (Å²) in [5, 5.41) is 19.0. The lowest BCUT2D eigenvalue weighted by molar-refractivity contribution is 0.127. The first-order valence-electron chi connectivity index (χ1n) is 8.28. The summed E-state index contributed by atoms with van der Waals surface area (Å²) in [6.45, 7) is 4.31. The third-order valence-electron chi connectivity index (χ3n) is 5.05. The third kappa shape index (κ3) is 2.32. The van der Waals surface area contributed by atoms with Gasteiger partial charge in [-0.05, 0) is 37.9 Å². The minimum Gasteiger partial charge on any atom is -0.393 e. The molecule has 7 heteroatoms. The van der Waals surface area contributed by atoms with E-state index >= 15 is 0 Å². The van der Waals surface area contributed by atoms with Crippen molar-refractivity contribution in [1.82, 2.24) is 24.1 Å². The van der Waals surface area contributed by atoms with Gasteiger partial charge in [0.05, 0.1) is 23.6 Å². The molecule has 7 nitrogen and oxygen atoms in total. The normalized spacial score (nSPS) is 20.2. The van der Waals surface area contributed by atoms with Gasteiger partial charge in [-0.25, -0.2) is 0 Å². The Balaban J connectivity index is 1.79. The number of aryl methyl sites for hydroxylation is 1. The van der Waals surface area contributed by atoms with Crippen LogP contribution in [0.15, 0.2) is 29.1 Å². The summed E-state index contributed by atoms with van der Waals surface area (Å²) in [6, 6.07) is 7.55. The molecule has 3 aromatic rings. The average Bonchev–Trinajstić information content (AvgIpc) is 3.20. The Morgan fingerprint density at radius 1 is 1.33 bits per heavy atom. The first-order valence-corrected chi connectivity index (χ1v) is 8.28. The molecule has 0 spiro atoms. The Morgan fingerprint density at radius 2 is 2.12 bits per heavy atom. The second kappa shape index (κ2) is 5.68. The van der Waals surface area contributed by atoms with Gasteiger partial charge in [-0.2, -0.15) is 0 Å². The standard InChI is InChI=1S/C17H21N5O2/c1-11(23)12-7-8-21(9-12)10-15-18-19-17-20(2)16(24)13-5-3-4-6-14(13)22(15)17/h3-6,11-12,23H,7-10H2,1-2H3. The smallest absolute Gasteiger partial charge is 0.262 e. The first-order chi connectivity index (χ1) is 11.6. The van der Waals surface area contributed by atoms with E-state index in [1.54, 1.807) is 11.6 Å². The van der Waals surface area contributed by atoms with Crippen LogP contribution in [0.1, 0.15) is 19.2 Å². The van der Waals surface area contributed by atoms with Crippen LogP contribution in [0.5, 0.6) is 0 Å². The van der Waals surface area contributed by atoms with Crippen molar-refractivity contribution in [3.8, 4) is 0 Å². The highest BCUT2D eigenvalue weighted by atomic mass is 16.3. The van der Waals surface area contributed by atoms with E-state index in [1.807, 2.05) is 35.6 Å². The van der Waals surface area contributed by atoms with Crippen LogP contribution >= 0.6 is 0 Å². The van der Waals surface area contributed by atoms with Gasteiger partial charge in [0.1, 0.15) is 0 Å². The van der Waals surface area contributed by atoms with Gasteiger partial charge in [0.25, 0.3) is 5.56 Å². The Bertz CT molecular complexity index is 959. The molecule has 1 fully saturated rings. The SMILES string of the molecule is CC(O)C1CCN(Cc2nnc3n(C)c(=O)c4ccccc4n23)C1. The first kappa shape index (κ1) is 15.3. The lowest BCUT2D eigenvalue weighted by atomic mass is 10.0. The number of aliphatic hydroxyl groups is 1. The van der Waals surface area contributed by atoms with Crippen molar-refractivity contribution in [3.05, 3.63) is 40.4 Å². The third-order valence-corrected chi connectivity index (χ3v) is 5.05. The molecule has 0 saturated carbocycles. The van der Waals surface area contributed by atoms with Crippen LogP contribution in [0.25, 0.3) is 16.7 Å². The largest absolute Gasteiger partial charge is 0.393 e. The quantitative estimate of drug-likeness (QED) is 0.769. The van der Waals surface area contributed by atoms with Gasteiger partial charge in [0.15, 0.2) is 5.82 Å².